The third-order valence-corrected chi connectivity index (χ3v) is 6.50. The Morgan fingerprint density at radius 2 is 1.80 bits per heavy atom. The molecule has 0 aromatic carbocycles. The van der Waals surface area contributed by atoms with Crippen LogP contribution in [0.1, 0.15) is 38.2 Å². The number of hydrogen-bond donors (Lipinski definition) is 0. The molecule has 1 aliphatic carbocycles. The lowest BCUT2D eigenvalue weighted by molar-refractivity contribution is -0.165. The normalized spacial score (nSPS) is 15.1. The maximum absolute atomic E-state index is 12.5. The van der Waals surface area contributed by atoms with E-state index in [0.717, 1.165) is 0 Å². The van der Waals surface area contributed by atoms with E-state index in [-0.39, 0.29) is 22.5 Å². The van der Waals surface area contributed by atoms with E-state index in [4.69, 9.17) is 9.47 Å². The average molecular weight is 370 g/mol. The van der Waals surface area contributed by atoms with Gasteiger partial charge in [-0.05, 0) is 24.8 Å². The second-order valence-electron chi connectivity index (χ2n) is 6.31. The highest BCUT2D eigenvalue weighted by atomic mass is 32.2. The van der Waals surface area contributed by atoms with Gasteiger partial charge in [-0.1, -0.05) is 13.8 Å². The topological polar surface area (TPSA) is 113 Å². The highest BCUT2D eigenvalue weighted by Gasteiger charge is 2.54. The van der Waals surface area contributed by atoms with Gasteiger partial charge in [-0.2, -0.15) is 0 Å². The Morgan fingerprint density at radius 3 is 2.24 bits per heavy atom. The van der Waals surface area contributed by atoms with E-state index in [1.807, 2.05) is 0 Å². The van der Waals surface area contributed by atoms with E-state index in [0.29, 0.717) is 12.8 Å². The number of carbonyl (C=O) groups is 2. The molecule has 2 rings (SSSR count). The molecule has 1 aromatic heterocycles. The highest BCUT2D eigenvalue weighted by molar-refractivity contribution is 7.91. The van der Waals surface area contributed by atoms with Crippen LogP contribution in [-0.4, -0.2) is 49.8 Å². The summed E-state index contributed by atoms with van der Waals surface area (Å²) in [6.45, 7) is 3.33. The van der Waals surface area contributed by atoms with Gasteiger partial charge in [-0.15, -0.1) is 0 Å². The second-order valence-corrected chi connectivity index (χ2v) is 8.59. The molecule has 0 radical (unpaired) electrons. The zero-order chi connectivity index (χ0) is 18.8. The molecule has 0 bridgehead atoms. The van der Waals surface area contributed by atoms with Crippen LogP contribution >= 0.6 is 0 Å². The fourth-order valence-corrected chi connectivity index (χ4v) is 4.38. The van der Waals surface area contributed by atoms with Gasteiger partial charge in [-0.25, -0.2) is 18.4 Å². The van der Waals surface area contributed by atoms with Gasteiger partial charge in [0.25, 0.3) is 0 Å². The smallest absolute Gasteiger partial charge is 0.329 e. The van der Waals surface area contributed by atoms with Crippen LogP contribution in [0, 0.1) is 5.92 Å². The minimum Gasteiger partial charge on any atom is -0.468 e. The van der Waals surface area contributed by atoms with Crippen LogP contribution in [0.25, 0.3) is 0 Å². The average Bonchev–Trinajstić information content (AvgIpc) is 3.40. The predicted molar refractivity (Wildman–Crippen MR) is 88.2 cm³/mol. The summed E-state index contributed by atoms with van der Waals surface area (Å²) in [4.78, 5) is 33.2. The minimum absolute atomic E-state index is 0.0437. The Hall–Kier alpha value is -2.03. The molecule has 25 heavy (non-hydrogen) atoms. The highest BCUT2D eigenvalue weighted by Crippen LogP contribution is 2.35. The summed E-state index contributed by atoms with van der Waals surface area (Å²) in [5.41, 5.74) is -1.72. The van der Waals surface area contributed by atoms with Gasteiger partial charge >= 0.3 is 11.9 Å². The molecule has 9 heteroatoms. The number of ether oxygens (including phenoxy) is 2. The Labute approximate surface area is 146 Å². The Kier molecular flexibility index (Phi) is 5.46. The van der Waals surface area contributed by atoms with Gasteiger partial charge in [0.05, 0.1) is 25.2 Å². The summed E-state index contributed by atoms with van der Waals surface area (Å²) >= 11 is 0. The van der Waals surface area contributed by atoms with Crippen LogP contribution in [0.5, 0.6) is 0 Å². The van der Waals surface area contributed by atoms with Crippen molar-refractivity contribution in [3.63, 3.8) is 0 Å². The number of nitrogens with zero attached hydrogens (tertiary/aromatic N) is 2. The van der Waals surface area contributed by atoms with Gasteiger partial charge in [0.2, 0.25) is 5.41 Å². The summed E-state index contributed by atoms with van der Waals surface area (Å²) in [6, 6.07) is 1.40. The molecule has 8 nitrogen and oxygen atoms in total. The van der Waals surface area contributed by atoms with Crippen molar-refractivity contribution < 1.29 is 27.5 Å². The number of carbonyl (C=O) groups excluding carboxylic acids is 2. The molecule has 0 amide bonds. The van der Waals surface area contributed by atoms with E-state index in [2.05, 4.69) is 9.97 Å². The number of esters is 2. The molecule has 0 aliphatic heterocycles. The minimum atomic E-state index is -3.33. The van der Waals surface area contributed by atoms with Crippen molar-refractivity contribution in [2.24, 2.45) is 5.92 Å². The van der Waals surface area contributed by atoms with Crippen LogP contribution < -0.4 is 0 Å². The zero-order valence-corrected chi connectivity index (χ0v) is 15.5. The molecule has 0 saturated heterocycles. The first-order valence-corrected chi connectivity index (χ1v) is 9.62. The Bertz CT molecular complexity index is 755. The third-order valence-electron chi connectivity index (χ3n) is 4.35. The van der Waals surface area contributed by atoms with Crippen molar-refractivity contribution >= 4 is 21.8 Å². The summed E-state index contributed by atoms with van der Waals surface area (Å²) in [5.74, 6) is -2.45. The van der Waals surface area contributed by atoms with E-state index in [1.54, 1.807) is 13.8 Å². The Morgan fingerprint density at radius 1 is 1.24 bits per heavy atom. The van der Waals surface area contributed by atoms with E-state index in [1.165, 1.54) is 26.5 Å². The van der Waals surface area contributed by atoms with Crippen LogP contribution in [0.3, 0.4) is 0 Å². The Balaban J connectivity index is 2.52. The van der Waals surface area contributed by atoms with Crippen LogP contribution in [0.2, 0.25) is 0 Å². The third kappa shape index (κ3) is 3.51. The monoisotopic (exact) mass is 370 g/mol. The van der Waals surface area contributed by atoms with Gasteiger partial charge in [0.15, 0.2) is 9.84 Å². The van der Waals surface area contributed by atoms with E-state index >= 15 is 0 Å². The molecule has 0 spiro atoms. The molecule has 1 aliphatic rings. The van der Waals surface area contributed by atoms with Crippen molar-refractivity contribution in [2.75, 3.05) is 14.2 Å². The lowest BCUT2D eigenvalue weighted by Crippen LogP contribution is -2.50. The predicted octanol–water partition coefficient (Wildman–Crippen LogP) is 0.794. The number of aromatic nitrogens is 2. The van der Waals surface area contributed by atoms with Crippen LogP contribution in [-0.2, 0) is 40.1 Å². The molecular weight excluding hydrogens is 348 g/mol. The van der Waals surface area contributed by atoms with Gasteiger partial charge in [0.1, 0.15) is 11.6 Å². The molecule has 138 valence electrons. The van der Waals surface area contributed by atoms with Crippen molar-refractivity contribution in [3.05, 3.63) is 23.8 Å². The zero-order valence-electron chi connectivity index (χ0n) is 14.7. The van der Waals surface area contributed by atoms with Crippen molar-refractivity contribution in [1.29, 1.82) is 0 Å². The van der Waals surface area contributed by atoms with Crippen LogP contribution in [0.15, 0.2) is 12.3 Å². The lowest BCUT2D eigenvalue weighted by atomic mass is 9.74. The van der Waals surface area contributed by atoms with Gasteiger partial charge < -0.3 is 9.47 Å². The first kappa shape index (κ1) is 19.3. The molecule has 0 atom stereocenters. The van der Waals surface area contributed by atoms with Crippen molar-refractivity contribution in [3.8, 4) is 0 Å². The molecule has 1 fully saturated rings. The van der Waals surface area contributed by atoms with Crippen molar-refractivity contribution in [2.45, 2.75) is 43.1 Å². The quantitative estimate of drug-likeness (QED) is 0.511. The summed E-state index contributed by atoms with van der Waals surface area (Å²) in [5, 5.41) is -0.351. The summed E-state index contributed by atoms with van der Waals surface area (Å²) < 4.78 is 34.0. The fourth-order valence-electron chi connectivity index (χ4n) is 2.79. The number of hydrogen-bond acceptors (Lipinski definition) is 8. The first-order chi connectivity index (χ1) is 11.7. The van der Waals surface area contributed by atoms with Crippen molar-refractivity contribution in [1.82, 2.24) is 9.97 Å². The molecule has 1 aromatic rings. The van der Waals surface area contributed by atoms with E-state index in [9.17, 15) is 18.0 Å². The first-order valence-electron chi connectivity index (χ1n) is 7.91. The van der Waals surface area contributed by atoms with Gasteiger partial charge in [0, 0.05) is 6.20 Å². The number of rotatable bonds is 7. The SMILES string of the molecule is COC(=O)C(C(=O)OC)(c1ccnc(CS(=O)(=O)C2CC2)n1)C(C)C. The second kappa shape index (κ2) is 7.07. The largest absolute Gasteiger partial charge is 0.468 e. The number of sulfone groups is 1. The molecule has 0 unspecified atom stereocenters. The lowest BCUT2D eigenvalue weighted by Gasteiger charge is -2.31. The molecule has 0 N–H and O–H groups in total. The van der Waals surface area contributed by atoms with Gasteiger partial charge in [-0.3, -0.25) is 9.59 Å². The summed E-state index contributed by atoms with van der Waals surface area (Å²) in [6.07, 6.45) is 2.62. The maximum Gasteiger partial charge on any atom is 0.329 e. The summed E-state index contributed by atoms with van der Waals surface area (Å²) in [7, 11) is -0.994. The molecule has 1 saturated carbocycles. The number of methoxy groups -OCH3 is 2. The standard InChI is InChI=1S/C16H22N2O6S/c1-10(2)16(14(19)23-3,15(20)24-4)12-7-8-17-13(18-12)9-25(21,22)11-5-6-11/h7-8,10-11H,5-6,9H2,1-4H3. The van der Waals surface area contributed by atoms with E-state index < -0.39 is 33.1 Å². The maximum atomic E-state index is 12.5. The van der Waals surface area contributed by atoms with Crippen LogP contribution in [0.4, 0.5) is 0 Å². The molecular formula is C16H22N2O6S. The molecule has 1 heterocycles. The fraction of sp³-hybridized carbons (Fsp3) is 0.625.